The standard InChI is InChI=1S/C8H12ClNOS/c1-11-5-7(9)2-3-8-4-10-6-12-8/h4,6-7H,2-3,5H2,1H3. The van der Waals surface area contributed by atoms with Gasteiger partial charge in [-0.3, -0.25) is 4.98 Å². The van der Waals surface area contributed by atoms with Crippen molar-refractivity contribution in [2.75, 3.05) is 13.7 Å². The van der Waals surface area contributed by atoms with Crippen LogP contribution in [0.5, 0.6) is 0 Å². The van der Waals surface area contributed by atoms with Gasteiger partial charge in [-0.1, -0.05) is 0 Å². The Balaban J connectivity index is 2.17. The zero-order valence-electron chi connectivity index (χ0n) is 7.00. The van der Waals surface area contributed by atoms with Crippen LogP contribution in [0.2, 0.25) is 0 Å². The molecule has 0 amide bonds. The second kappa shape index (κ2) is 5.51. The molecule has 0 aliphatic rings. The van der Waals surface area contributed by atoms with Crippen molar-refractivity contribution in [2.24, 2.45) is 0 Å². The Morgan fingerprint density at radius 1 is 1.75 bits per heavy atom. The summed E-state index contributed by atoms with van der Waals surface area (Å²) in [6, 6.07) is 0. The fourth-order valence-corrected chi connectivity index (χ4v) is 1.78. The van der Waals surface area contributed by atoms with E-state index in [1.165, 1.54) is 4.88 Å². The summed E-state index contributed by atoms with van der Waals surface area (Å²) in [4.78, 5) is 5.28. The van der Waals surface area contributed by atoms with Crippen molar-refractivity contribution >= 4 is 22.9 Å². The molecule has 1 unspecified atom stereocenters. The normalized spacial score (nSPS) is 13.2. The van der Waals surface area contributed by atoms with Crippen molar-refractivity contribution in [2.45, 2.75) is 18.2 Å². The van der Waals surface area contributed by atoms with Crippen LogP contribution in [0.15, 0.2) is 11.7 Å². The van der Waals surface area contributed by atoms with Gasteiger partial charge < -0.3 is 4.74 Å². The van der Waals surface area contributed by atoms with Crippen molar-refractivity contribution in [1.29, 1.82) is 0 Å². The summed E-state index contributed by atoms with van der Waals surface area (Å²) < 4.78 is 4.93. The van der Waals surface area contributed by atoms with Gasteiger partial charge in [0.15, 0.2) is 0 Å². The zero-order chi connectivity index (χ0) is 8.81. The van der Waals surface area contributed by atoms with E-state index in [9.17, 15) is 0 Å². The van der Waals surface area contributed by atoms with Gasteiger partial charge in [-0.15, -0.1) is 22.9 Å². The zero-order valence-corrected chi connectivity index (χ0v) is 8.57. The molecule has 12 heavy (non-hydrogen) atoms. The maximum atomic E-state index is 5.96. The molecule has 1 aromatic rings. The van der Waals surface area contributed by atoms with E-state index in [2.05, 4.69) is 4.98 Å². The summed E-state index contributed by atoms with van der Waals surface area (Å²) in [5.41, 5.74) is 1.84. The largest absolute Gasteiger partial charge is 0.383 e. The highest BCUT2D eigenvalue weighted by Gasteiger charge is 2.04. The summed E-state index contributed by atoms with van der Waals surface area (Å²) in [7, 11) is 1.67. The molecule has 68 valence electrons. The highest BCUT2D eigenvalue weighted by Crippen LogP contribution is 2.12. The molecule has 0 bridgehead atoms. The van der Waals surface area contributed by atoms with E-state index in [-0.39, 0.29) is 5.38 Å². The molecule has 0 radical (unpaired) electrons. The number of hydrogen-bond acceptors (Lipinski definition) is 3. The van der Waals surface area contributed by atoms with E-state index in [0.717, 1.165) is 12.8 Å². The molecule has 4 heteroatoms. The van der Waals surface area contributed by atoms with Gasteiger partial charge in [0.2, 0.25) is 0 Å². The van der Waals surface area contributed by atoms with Gasteiger partial charge in [0.1, 0.15) is 0 Å². The number of aromatic nitrogens is 1. The highest BCUT2D eigenvalue weighted by molar-refractivity contribution is 7.09. The number of halogens is 1. The lowest BCUT2D eigenvalue weighted by Crippen LogP contribution is -2.07. The SMILES string of the molecule is COCC(Cl)CCc1cncs1. The van der Waals surface area contributed by atoms with Crippen molar-refractivity contribution in [3.05, 3.63) is 16.6 Å². The molecule has 0 spiro atoms. The summed E-state index contributed by atoms with van der Waals surface area (Å²) in [5.74, 6) is 0. The van der Waals surface area contributed by atoms with E-state index >= 15 is 0 Å². The number of rotatable bonds is 5. The van der Waals surface area contributed by atoms with Crippen molar-refractivity contribution in [1.82, 2.24) is 4.98 Å². The minimum Gasteiger partial charge on any atom is -0.383 e. The van der Waals surface area contributed by atoms with E-state index in [4.69, 9.17) is 16.3 Å². The van der Waals surface area contributed by atoms with E-state index in [1.807, 2.05) is 11.7 Å². The molecular weight excluding hydrogens is 194 g/mol. The van der Waals surface area contributed by atoms with Crippen LogP contribution in [0, 0.1) is 0 Å². The Bertz CT molecular complexity index is 203. The van der Waals surface area contributed by atoms with Crippen molar-refractivity contribution < 1.29 is 4.74 Å². The predicted octanol–water partition coefficient (Wildman–Crippen LogP) is 2.33. The van der Waals surface area contributed by atoms with Gasteiger partial charge in [0.05, 0.1) is 17.5 Å². The lowest BCUT2D eigenvalue weighted by molar-refractivity contribution is 0.195. The Kier molecular flexibility index (Phi) is 4.58. The Labute approximate surface area is 81.5 Å². The van der Waals surface area contributed by atoms with Crippen LogP contribution >= 0.6 is 22.9 Å². The Morgan fingerprint density at radius 3 is 3.17 bits per heavy atom. The molecule has 2 nitrogen and oxygen atoms in total. The average molecular weight is 206 g/mol. The van der Waals surface area contributed by atoms with Crippen LogP contribution in [-0.4, -0.2) is 24.1 Å². The number of alkyl halides is 1. The van der Waals surface area contributed by atoms with E-state index in [1.54, 1.807) is 18.4 Å². The lowest BCUT2D eigenvalue weighted by atomic mass is 10.2. The maximum Gasteiger partial charge on any atom is 0.0794 e. The molecular formula is C8H12ClNOS. The van der Waals surface area contributed by atoms with Gasteiger partial charge in [-0.25, -0.2) is 0 Å². The lowest BCUT2D eigenvalue weighted by Gasteiger charge is -2.05. The molecule has 1 rings (SSSR count). The Hall–Kier alpha value is -0.120. The van der Waals surface area contributed by atoms with Crippen LogP contribution in [0.1, 0.15) is 11.3 Å². The molecule has 1 aromatic heterocycles. The predicted molar refractivity (Wildman–Crippen MR) is 52.0 cm³/mol. The van der Waals surface area contributed by atoms with Crippen LogP contribution in [0.25, 0.3) is 0 Å². The first kappa shape index (κ1) is 9.96. The summed E-state index contributed by atoms with van der Waals surface area (Å²) in [6.45, 7) is 0.625. The van der Waals surface area contributed by atoms with Gasteiger partial charge >= 0.3 is 0 Å². The molecule has 0 aromatic carbocycles. The number of aryl methyl sites for hydroxylation is 1. The minimum absolute atomic E-state index is 0.122. The molecule has 1 heterocycles. The smallest absolute Gasteiger partial charge is 0.0794 e. The van der Waals surface area contributed by atoms with Crippen LogP contribution in [0.3, 0.4) is 0 Å². The number of hydrogen-bond donors (Lipinski definition) is 0. The number of ether oxygens (including phenoxy) is 1. The molecule has 0 saturated carbocycles. The highest BCUT2D eigenvalue weighted by atomic mass is 35.5. The van der Waals surface area contributed by atoms with E-state index < -0.39 is 0 Å². The average Bonchev–Trinajstić information content (AvgIpc) is 2.53. The fourth-order valence-electron chi connectivity index (χ4n) is 0.929. The van der Waals surface area contributed by atoms with Gasteiger partial charge in [-0.05, 0) is 12.8 Å². The minimum atomic E-state index is 0.122. The second-order valence-corrected chi connectivity index (χ2v) is 4.15. The fraction of sp³-hybridized carbons (Fsp3) is 0.625. The van der Waals surface area contributed by atoms with Crippen molar-refractivity contribution in [3.8, 4) is 0 Å². The van der Waals surface area contributed by atoms with Crippen LogP contribution in [-0.2, 0) is 11.2 Å². The van der Waals surface area contributed by atoms with Gasteiger partial charge in [0, 0.05) is 18.2 Å². The van der Waals surface area contributed by atoms with Crippen LogP contribution < -0.4 is 0 Å². The third-order valence-electron chi connectivity index (χ3n) is 1.53. The van der Waals surface area contributed by atoms with Crippen LogP contribution in [0.4, 0.5) is 0 Å². The first-order valence-electron chi connectivity index (χ1n) is 3.83. The number of thiazole rings is 1. The second-order valence-electron chi connectivity index (χ2n) is 2.56. The maximum absolute atomic E-state index is 5.96. The molecule has 0 fully saturated rings. The number of nitrogens with zero attached hydrogens (tertiary/aromatic N) is 1. The summed E-state index contributed by atoms with van der Waals surface area (Å²) in [6.07, 6.45) is 3.85. The molecule has 0 aliphatic carbocycles. The van der Waals surface area contributed by atoms with E-state index in [0.29, 0.717) is 6.61 Å². The Morgan fingerprint density at radius 2 is 2.58 bits per heavy atom. The summed E-state index contributed by atoms with van der Waals surface area (Å²) >= 11 is 7.63. The topological polar surface area (TPSA) is 22.1 Å². The number of methoxy groups -OCH3 is 1. The van der Waals surface area contributed by atoms with Gasteiger partial charge in [0.25, 0.3) is 0 Å². The third-order valence-corrected chi connectivity index (χ3v) is 2.72. The third kappa shape index (κ3) is 3.52. The monoisotopic (exact) mass is 205 g/mol. The molecule has 0 saturated heterocycles. The summed E-state index contributed by atoms with van der Waals surface area (Å²) in [5, 5.41) is 0.122. The van der Waals surface area contributed by atoms with Crippen molar-refractivity contribution in [3.63, 3.8) is 0 Å². The molecule has 1 atom stereocenters. The molecule has 0 aliphatic heterocycles. The van der Waals surface area contributed by atoms with Gasteiger partial charge in [-0.2, -0.15) is 0 Å². The first-order chi connectivity index (χ1) is 5.83. The molecule has 0 N–H and O–H groups in total. The first-order valence-corrected chi connectivity index (χ1v) is 5.15. The quantitative estimate of drug-likeness (QED) is 0.689.